The van der Waals surface area contributed by atoms with Crippen molar-refractivity contribution in [1.29, 1.82) is 0 Å². The summed E-state index contributed by atoms with van der Waals surface area (Å²) in [5.74, 6) is 0.986. The summed E-state index contributed by atoms with van der Waals surface area (Å²) in [5.41, 5.74) is 0. The zero-order valence-corrected chi connectivity index (χ0v) is 12.2. The third-order valence-corrected chi connectivity index (χ3v) is 4.23. The lowest BCUT2D eigenvalue weighted by Crippen LogP contribution is -2.41. The van der Waals surface area contributed by atoms with Crippen molar-refractivity contribution in [2.24, 2.45) is 5.92 Å². The summed E-state index contributed by atoms with van der Waals surface area (Å²) in [6, 6.07) is 0.711. The first-order valence-corrected chi connectivity index (χ1v) is 7.72. The van der Waals surface area contributed by atoms with Crippen molar-refractivity contribution < 1.29 is 0 Å². The van der Waals surface area contributed by atoms with E-state index in [1.165, 1.54) is 58.2 Å². The van der Waals surface area contributed by atoms with E-state index in [2.05, 4.69) is 31.0 Å². The Kier molecular flexibility index (Phi) is 7.87. The average Bonchev–Trinajstić information content (AvgIpc) is 2.59. The van der Waals surface area contributed by atoms with Crippen LogP contribution in [0.5, 0.6) is 0 Å². The molecule has 1 saturated heterocycles. The van der Waals surface area contributed by atoms with Gasteiger partial charge in [-0.05, 0) is 58.2 Å². The summed E-state index contributed by atoms with van der Waals surface area (Å²) in [6.07, 6.45) is 8.24. The van der Waals surface area contributed by atoms with Crippen LogP contribution < -0.4 is 5.32 Å². The largest absolute Gasteiger partial charge is 0.315 e. The number of unbranched alkanes of at least 4 members (excludes halogenated alkanes) is 1. The van der Waals surface area contributed by atoms with Crippen LogP contribution in [0.3, 0.4) is 0 Å². The molecule has 0 bridgehead atoms. The van der Waals surface area contributed by atoms with Crippen molar-refractivity contribution in [3.63, 3.8) is 0 Å². The second-order valence-electron chi connectivity index (χ2n) is 5.65. The summed E-state index contributed by atoms with van der Waals surface area (Å²) < 4.78 is 0. The molecule has 1 rings (SSSR count). The Balaban J connectivity index is 2.19. The normalized spacial score (nSPS) is 24.5. The fourth-order valence-electron chi connectivity index (χ4n) is 2.78. The molecule has 1 N–H and O–H groups in total. The van der Waals surface area contributed by atoms with Gasteiger partial charge in [-0.3, -0.25) is 4.90 Å². The van der Waals surface area contributed by atoms with Gasteiger partial charge < -0.3 is 5.32 Å². The van der Waals surface area contributed by atoms with Gasteiger partial charge >= 0.3 is 0 Å². The Bertz CT molecular complexity index is 182. The predicted molar refractivity (Wildman–Crippen MR) is 76.4 cm³/mol. The Labute approximate surface area is 108 Å². The first-order valence-electron chi connectivity index (χ1n) is 7.72. The number of hydrogen-bond donors (Lipinski definition) is 1. The van der Waals surface area contributed by atoms with Crippen LogP contribution in [0, 0.1) is 5.92 Å². The van der Waals surface area contributed by atoms with Crippen molar-refractivity contribution >= 4 is 0 Å². The van der Waals surface area contributed by atoms with E-state index < -0.39 is 0 Å². The van der Waals surface area contributed by atoms with Crippen LogP contribution in [0.15, 0.2) is 0 Å². The summed E-state index contributed by atoms with van der Waals surface area (Å²) >= 11 is 0. The lowest BCUT2D eigenvalue weighted by molar-refractivity contribution is 0.209. The fourth-order valence-corrected chi connectivity index (χ4v) is 2.78. The van der Waals surface area contributed by atoms with Crippen molar-refractivity contribution in [3.05, 3.63) is 0 Å². The van der Waals surface area contributed by atoms with Crippen LogP contribution in [0.1, 0.15) is 59.3 Å². The van der Waals surface area contributed by atoms with Crippen LogP contribution in [0.4, 0.5) is 0 Å². The van der Waals surface area contributed by atoms with Gasteiger partial charge in [-0.1, -0.05) is 26.7 Å². The molecule has 0 aromatic heterocycles. The van der Waals surface area contributed by atoms with E-state index in [0.29, 0.717) is 6.04 Å². The third-order valence-electron chi connectivity index (χ3n) is 4.23. The number of nitrogens with one attached hydrogen (secondary N) is 1. The lowest BCUT2D eigenvalue weighted by atomic mass is 9.98. The molecule has 2 heteroatoms. The third kappa shape index (κ3) is 5.87. The summed E-state index contributed by atoms with van der Waals surface area (Å²) in [6.45, 7) is 12.0. The van der Waals surface area contributed by atoms with E-state index in [0.717, 1.165) is 12.5 Å². The summed E-state index contributed by atoms with van der Waals surface area (Å²) in [5, 5.41) is 3.59. The number of nitrogens with zero attached hydrogens (tertiary/aromatic N) is 1. The maximum Gasteiger partial charge on any atom is 0.0192 e. The van der Waals surface area contributed by atoms with E-state index in [9.17, 15) is 0 Å². The molecule has 0 aromatic rings. The molecule has 102 valence electrons. The molecule has 0 radical (unpaired) electrons. The molecule has 1 aliphatic rings. The molecule has 0 spiro atoms. The molecule has 2 unspecified atom stereocenters. The minimum atomic E-state index is 0.711. The van der Waals surface area contributed by atoms with Crippen LogP contribution >= 0.6 is 0 Å². The van der Waals surface area contributed by atoms with Gasteiger partial charge in [-0.2, -0.15) is 0 Å². The van der Waals surface area contributed by atoms with Crippen LogP contribution in [-0.2, 0) is 0 Å². The molecular weight excluding hydrogens is 208 g/mol. The highest BCUT2D eigenvalue weighted by molar-refractivity contribution is 4.75. The molecule has 0 aliphatic carbocycles. The van der Waals surface area contributed by atoms with E-state index in [1.54, 1.807) is 0 Å². The molecular formula is C15H32N2. The van der Waals surface area contributed by atoms with E-state index in [4.69, 9.17) is 0 Å². The number of likely N-dealkylation sites (tertiary alicyclic amines) is 1. The van der Waals surface area contributed by atoms with Crippen LogP contribution in [0.25, 0.3) is 0 Å². The minimum absolute atomic E-state index is 0.711. The molecule has 1 heterocycles. The van der Waals surface area contributed by atoms with Crippen LogP contribution in [0.2, 0.25) is 0 Å². The number of hydrogen-bond acceptors (Lipinski definition) is 2. The van der Waals surface area contributed by atoms with Crippen molar-refractivity contribution in [1.82, 2.24) is 10.2 Å². The fraction of sp³-hybridized carbons (Fsp3) is 1.00. The van der Waals surface area contributed by atoms with Gasteiger partial charge in [0.15, 0.2) is 0 Å². The Morgan fingerprint density at radius 1 is 1.24 bits per heavy atom. The summed E-state index contributed by atoms with van der Waals surface area (Å²) in [7, 11) is 0. The topological polar surface area (TPSA) is 15.3 Å². The van der Waals surface area contributed by atoms with Gasteiger partial charge in [-0.15, -0.1) is 0 Å². The van der Waals surface area contributed by atoms with Gasteiger partial charge in [0, 0.05) is 12.6 Å². The molecule has 0 aromatic carbocycles. The first-order chi connectivity index (χ1) is 8.27. The number of rotatable bonds is 7. The molecule has 17 heavy (non-hydrogen) atoms. The minimum Gasteiger partial charge on any atom is -0.315 e. The van der Waals surface area contributed by atoms with Gasteiger partial charge in [0.05, 0.1) is 0 Å². The van der Waals surface area contributed by atoms with Gasteiger partial charge in [0.1, 0.15) is 0 Å². The van der Waals surface area contributed by atoms with E-state index in [1.807, 2.05) is 0 Å². The van der Waals surface area contributed by atoms with Gasteiger partial charge in [0.2, 0.25) is 0 Å². The Morgan fingerprint density at radius 3 is 2.76 bits per heavy atom. The highest BCUT2D eigenvalue weighted by atomic mass is 15.2. The van der Waals surface area contributed by atoms with Crippen LogP contribution in [-0.4, -0.2) is 37.1 Å². The van der Waals surface area contributed by atoms with Gasteiger partial charge in [0.25, 0.3) is 0 Å². The quantitative estimate of drug-likeness (QED) is 0.687. The SMILES string of the molecule is CCCCNCC(C)N1CCCC(CC)CC1. The first kappa shape index (κ1) is 15.0. The Hall–Kier alpha value is -0.0800. The zero-order chi connectivity index (χ0) is 12.5. The molecule has 1 fully saturated rings. The summed E-state index contributed by atoms with van der Waals surface area (Å²) in [4.78, 5) is 2.69. The van der Waals surface area contributed by atoms with Crippen molar-refractivity contribution in [2.45, 2.75) is 65.3 Å². The molecule has 2 atom stereocenters. The Morgan fingerprint density at radius 2 is 2.06 bits per heavy atom. The van der Waals surface area contributed by atoms with E-state index >= 15 is 0 Å². The highest BCUT2D eigenvalue weighted by Gasteiger charge is 2.19. The predicted octanol–water partition coefficient (Wildman–Crippen LogP) is 3.28. The maximum absolute atomic E-state index is 3.59. The van der Waals surface area contributed by atoms with Crippen molar-refractivity contribution in [3.8, 4) is 0 Å². The maximum atomic E-state index is 3.59. The van der Waals surface area contributed by atoms with Crippen molar-refractivity contribution in [2.75, 3.05) is 26.2 Å². The molecule has 0 saturated carbocycles. The molecule has 1 aliphatic heterocycles. The zero-order valence-electron chi connectivity index (χ0n) is 12.2. The monoisotopic (exact) mass is 240 g/mol. The molecule has 2 nitrogen and oxygen atoms in total. The second-order valence-corrected chi connectivity index (χ2v) is 5.65. The highest BCUT2D eigenvalue weighted by Crippen LogP contribution is 2.21. The van der Waals surface area contributed by atoms with Gasteiger partial charge in [-0.25, -0.2) is 0 Å². The molecule has 0 amide bonds. The lowest BCUT2D eigenvalue weighted by Gasteiger charge is -2.28. The average molecular weight is 240 g/mol. The van der Waals surface area contributed by atoms with E-state index in [-0.39, 0.29) is 0 Å². The standard InChI is InChI=1S/C15H32N2/c1-4-6-10-16-13-14(3)17-11-7-8-15(5-2)9-12-17/h14-16H,4-13H2,1-3H3. The smallest absolute Gasteiger partial charge is 0.0192 e. The second kappa shape index (κ2) is 8.93.